The van der Waals surface area contributed by atoms with Crippen LogP contribution in [0.15, 0.2) is 29.2 Å². The van der Waals surface area contributed by atoms with Crippen molar-refractivity contribution in [1.29, 1.82) is 0 Å². The van der Waals surface area contributed by atoms with E-state index in [1.165, 1.54) is 0 Å². The van der Waals surface area contributed by atoms with E-state index >= 15 is 0 Å². The average molecular weight is 381 g/mol. The Balaban J connectivity index is 1.53. The van der Waals surface area contributed by atoms with Crippen molar-refractivity contribution >= 4 is 15.9 Å². The summed E-state index contributed by atoms with van der Waals surface area (Å²) in [5.41, 5.74) is 0. The number of sulfonamides is 1. The van der Waals surface area contributed by atoms with Gasteiger partial charge < -0.3 is 10.1 Å². The van der Waals surface area contributed by atoms with Crippen LogP contribution in [0.2, 0.25) is 0 Å². The Morgan fingerprint density at radius 3 is 2.35 bits per heavy atom. The molecule has 1 N–H and O–H groups in total. The lowest BCUT2D eigenvalue weighted by Crippen LogP contribution is -2.37. The summed E-state index contributed by atoms with van der Waals surface area (Å²) in [5.74, 6) is 0.946. The fourth-order valence-electron chi connectivity index (χ4n) is 3.57. The molecule has 0 unspecified atom stereocenters. The Hall–Kier alpha value is -1.60. The van der Waals surface area contributed by atoms with Gasteiger partial charge in [0.25, 0.3) is 5.91 Å². The number of carbonyl (C=O) groups is 1. The fourth-order valence-corrected chi connectivity index (χ4v) is 5.04. The molecule has 0 spiro atoms. The highest BCUT2D eigenvalue weighted by molar-refractivity contribution is 7.89. The standard InChI is InChI=1S/C19H28N2O4S/c1-15-10-12-21(13-11-15)26(23,24)18-8-6-17(7-9-18)25-14-19(22)20-16-4-2-3-5-16/h6-9,15-16H,2-5,10-14H2,1H3,(H,20,22). The molecule has 0 bridgehead atoms. The van der Waals surface area contributed by atoms with Crippen molar-refractivity contribution in [3.8, 4) is 5.75 Å². The molecule has 1 aliphatic carbocycles. The van der Waals surface area contributed by atoms with Gasteiger partial charge in [-0.05, 0) is 55.9 Å². The van der Waals surface area contributed by atoms with E-state index in [4.69, 9.17) is 4.74 Å². The van der Waals surface area contributed by atoms with Crippen molar-refractivity contribution in [3.05, 3.63) is 24.3 Å². The molecule has 1 heterocycles. The van der Waals surface area contributed by atoms with Gasteiger partial charge in [-0.1, -0.05) is 19.8 Å². The molecule has 6 nitrogen and oxygen atoms in total. The summed E-state index contributed by atoms with van der Waals surface area (Å²) >= 11 is 0. The zero-order chi connectivity index (χ0) is 18.6. The maximum absolute atomic E-state index is 12.7. The van der Waals surface area contributed by atoms with Gasteiger partial charge in [0.15, 0.2) is 6.61 Å². The molecular formula is C19H28N2O4S. The minimum atomic E-state index is -3.45. The predicted octanol–water partition coefficient (Wildman–Crippen LogP) is 2.54. The van der Waals surface area contributed by atoms with E-state index in [1.54, 1.807) is 28.6 Å². The molecule has 2 aliphatic rings. The molecule has 1 saturated heterocycles. The minimum absolute atomic E-state index is 0.0490. The molecule has 1 saturated carbocycles. The molecule has 0 radical (unpaired) electrons. The summed E-state index contributed by atoms with van der Waals surface area (Å²) in [6.07, 6.45) is 6.20. The van der Waals surface area contributed by atoms with Crippen LogP contribution >= 0.6 is 0 Å². The Labute approximate surface area is 156 Å². The van der Waals surface area contributed by atoms with Gasteiger partial charge in [0.05, 0.1) is 4.90 Å². The largest absolute Gasteiger partial charge is 0.484 e. The molecular weight excluding hydrogens is 352 g/mol. The number of rotatable bonds is 6. The number of benzene rings is 1. The number of carbonyl (C=O) groups excluding carboxylic acids is 1. The normalized spacial score (nSPS) is 20.2. The van der Waals surface area contributed by atoms with Gasteiger partial charge in [-0.2, -0.15) is 4.31 Å². The van der Waals surface area contributed by atoms with Crippen molar-refractivity contribution in [2.24, 2.45) is 5.92 Å². The first kappa shape index (κ1) is 19.2. The second-order valence-corrected chi connectivity index (χ2v) is 9.33. The zero-order valence-electron chi connectivity index (χ0n) is 15.3. The number of nitrogens with zero attached hydrogens (tertiary/aromatic N) is 1. The molecule has 1 amide bonds. The molecule has 1 aliphatic heterocycles. The van der Waals surface area contributed by atoms with Gasteiger partial charge in [-0.25, -0.2) is 8.42 Å². The van der Waals surface area contributed by atoms with Crippen LogP contribution in [-0.4, -0.2) is 44.4 Å². The topological polar surface area (TPSA) is 75.7 Å². The van der Waals surface area contributed by atoms with E-state index in [0.717, 1.165) is 38.5 Å². The molecule has 2 fully saturated rings. The zero-order valence-corrected chi connectivity index (χ0v) is 16.1. The van der Waals surface area contributed by atoms with Gasteiger partial charge in [-0.3, -0.25) is 4.79 Å². The molecule has 0 atom stereocenters. The average Bonchev–Trinajstić information content (AvgIpc) is 3.14. The maximum Gasteiger partial charge on any atom is 0.258 e. The summed E-state index contributed by atoms with van der Waals surface area (Å²) < 4.78 is 32.4. The van der Waals surface area contributed by atoms with Gasteiger partial charge in [-0.15, -0.1) is 0 Å². The van der Waals surface area contributed by atoms with Gasteiger partial charge in [0.1, 0.15) is 5.75 Å². The molecule has 1 aromatic carbocycles. The van der Waals surface area contributed by atoms with Gasteiger partial charge in [0, 0.05) is 19.1 Å². The number of nitrogens with one attached hydrogen (secondary N) is 1. The van der Waals surface area contributed by atoms with Crippen LogP contribution in [-0.2, 0) is 14.8 Å². The molecule has 3 rings (SSSR count). The monoisotopic (exact) mass is 380 g/mol. The van der Waals surface area contributed by atoms with Gasteiger partial charge >= 0.3 is 0 Å². The quantitative estimate of drug-likeness (QED) is 0.823. The Kier molecular flexibility index (Phi) is 6.19. The Bertz CT molecular complexity index is 704. The van der Waals surface area contributed by atoms with E-state index in [-0.39, 0.29) is 23.5 Å². The van der Waals surface area contributed by atoms with E-state index in [1.807, 2.05) is 0 Å². The molecule has 144 valence electrons. The van der Waals surface area contributed by atoms with Crippen molar-refractivity contribution in [2.75, 3.05) is 19.7 Å². The van der Waals surface area contributed by atoms with Crippen LogP contribution in [0.3, 0.4) is 0 Å². The highest BCUT2D eigenvalue weighted by Gasteiger charge is 2.28. The number of hydrogen-bond donors (Lipinski definition) is 1. The number of ether oxygens (including phenoxy) is 1. The summed E-state index contributed by atoms with van der Waals surface area (Å²) in [5, 5.41) is 2.96. The third-order valence-electron chi connectivity index (χ3n) is 5.29. The predicted molar refractivity (Wildman–Crippen MR) is 99.5 cm³/mol. The summed E-state index contributed by atoms with van der Waals surface area (Å²) in [6, 6.07) is 6.60. The Morgan fingerprint density at radius 1 is 1.12 bits per heavy atom. The number of piperidine rings is 1. The minimum Gasteiger partial charge on any atom is -0.484 e. The second-order valence-electron chi connectivity index (χ2n) is 7.40. The van der Waals surface area contributed by atoms with Crippen LogP contribution in [0.1, 0.15) is 45.4 Å². The lowest BCUT2D eigenvalue weighted by Gasteiger charge is -2.29. The third kappa shape index (κ3) is 4.76. The van der Waals surface area contributed by atoms with Crippen LogP contribution in [0.5, 0.6) is 5.75 Å². The van der Waals surface area contributed by atoms with Crippen molar-refractivity contribution in [2.45, 2.75) is 56.4 Å². The SMILES string of the molecule is CC1CCN(S(=O)(=O)c2ccc(OCC(=O)NC3CCCC3)cc2)CC1. The number of amides is 1. The van der Waals surface area contributed by atoms with E-state index in [2.05, 4.69) is 12.2 Å². The molecule has 1 aromatic rings. The summed E-state index contributed by atoms with van der Waals surface area (Å²) in [7, 11) is -3.45. The molecule has 0 aromatic heterocycles. The maximum atomic E-state index is 12.7. The van der Waals surface area contributed by atoms with E-state index in [9.17, 15) is 13.2 Å². The van der Waals surface area contributed by atoms with Crippen LogP contribution in [0.25, 0.3) is 0 Å². The molecule has 7 heteroatoms. The van der Waals surface area contributed by atoms with Crippen LogP contribution in [0, 0.1) is 5.92 Å². The first-order chi connectivity index (χ1) is 12.4. The molecule has 26 heavy (non-hydrogen) atoms. The van der Waals surface area contributed by atoms with E-state index < -0.39 is 10.0 Å². The lowest BCUT2D eigenvalue weighted by atomic mass is 10.0. The highest BCUT2D eigenvalue weighted by Crippen LogP contribution is 2.24. The van der Waals surface area contributed by atoms with Crippen molar-refractivity contribution in [3.63, 3.8) is 0 Å². The first-order valence-electron chi connectivity index (χ1n) is 9.47. The third-order valence-corrected chi connectivity index (χ3v) is 7.21. The smallest absolute Gasteiger partial charge is 0.258 e. The van der Waals surface area contributed by atoms with Crippen LogP contribution < -0.4 is 10.1 Å². The van der Waals surface area contributed by atoms with Crippen LogP contribution in [0.4, 0.5) is 0 Å². The van der Waals surface area contributed by atoms with Crippen molar-refractivity contribution in [1.82, 2.24) is 9.62 Å². The Morgan fingerprint density at radius 2 is 1.73 bits per heavy atom. The fraction of sp³-hybridized carbons (Fsp3) is 0.632. The first-order valence-corrected chi connectivity index (χ1v) is 10.9. The summed E-state index contributed by atoms with van der Waals surface area (Å²) in [4.78, 5) is 12.2. The van der Waals surface area contributed by atoms with Crippen molar-refractivity contribution < 1.29 is 17.9 Å². The van der Waals surface area contributed by atoms with E-state index in [0.29, 0.717) is 24.8 Å². The number of hydrogen-bond acceptors (Lipinski definition) is 4. The van der Waals surface area contributed by atoms with Gasteiger partial charge in [0.2, 0.25) is 10.0 Å². The second kappa shape index (κ2) is 8.39. The highest BCUT2D eigenvalue weighted by atomic mass is 32.2. The summed E-state index contributed by atoms with van der Waals surface area (Å²) in [6.45, 7) is 3.25. The lowest BCUT2D eigenvalue weighted by molar-refractivity contribution is -0.123.